The van der Waals surface area contributed by atoms with E-state index in [1.807, 2.05) is 0 Å². The van der Waals surface area contributed by atoms with E-state index in [1.54, 1.807) is 39.2 Å². The number of halogens is 1. The van der Waals surface area contributed by atoms with Crippen LogP contribution in [0.25, 0.3) is 5.69 Å². The smallest absolute Gasteiger partial charge is 0.278 e. The third kappa shape index (κ3) is 3.62. The standard InChI is InChI=1S/C16H19FN4O2/c1-11-10-14(22)15(16(23)20(3)9-8-18-2)19-21(11)13-7-5-4-6-12(13)17/h4-7,10,18H,8-9H2,1-3H3. The van der Waals surface area contributed by atoms with E-state index in [-0.39, 0.29) is 11.4 Å². The molecule has 0 radical (unpaired) electrons. The minimum atomic E-state index is -0.490. The second-order valence-electron chi connectivity index (χ2n) is 5.19. The summed E-state index contributed by atoms with van der Waals surface area (Å²) >= 11 is 0. The Balaban J connectivity index is 2.47. The molecule has 1 heterocycles. The molecule has 1 aromatic carbocycles. The summed E-state index contributed by atoms with van der Waals surface area (Å²) in [7, 11) is 3.36. The molecule has 0 unspecified atom stereocenters. The molecule has 0 spiro atoms. The third-order valence-electron chi connectivity index (χ3n) is 3.43. The lowest BCUT2D eigenvalue weighted by Gasteiger charge is -2.17. The molecule has 0 aliphatic rings. The van der Waals surface area contributed by atoms with E-state index in [9.17, 15) is 14.0 Å². The number of aromatic nitrogens is 2. The summed E-state index contributed by atoms with van der Waals surface area (Å²) in [6.07, 6.45) is 0. The van der Waals surface area contributed by atoms with Gasteiger partial charge < -0.3 is 10.2 Å². The van der Waals surface area contributed by atoms with Gasteiger partial charge in [0, 0.05) is 31.9 Å². The molecule has 1 N–H and O–H groups in total. The van der Waals surface area contributed by atoms with Gasteiger partial charge in [0.05, 0.1) is 0 Å². The van der Waals surface area contributed by atoms with Crippen molar-refractivity contribution >= 4 is 5.91 Å². The van der Waals surface area contributed by atoms with Crippen LogP contribution >= 0.6 is 0 Å². The monoisotopic (exact) mass is 318 g/mol. The van der Waals surface area contributed by atoms with Crippen molar-refractivity contribution in [3.8, 4) is 5.69 Å². The van der Waals surface area contributed by atoms with Gasteiger partial charge in [-0.25, -0.2) is 9.07 Å². The lowest BCUT2D eigenvalue weighted by Crippen LogP contribution is -2.37. The lowest BCUT2D eigenvalue weighted by molar-refractivity contribution is 0.0787. The summed E-state index contributed by atoms with van der Waals surface area (Å²) in [5.41, 5.74) is -0.0553. The van der Waals surface area contributed by atoms with E-state index in [2.05, 4.69) is 10.4 Å². The zero-order chi connectivity index (χ0) is 17.0. The van der Waals surface area contributed by atoms with Gasteiger partial charge in [-0.2, -0.15) is 5.10 Å². The lowest BCUT2D eigenvalue weighted by atomic mass is 10.2. The molecule has 1 aromatic heterocycles. The molecule has 0 bridgehead atoms. The van der Waals surface area contributed by atoms with Gasteiger partial charge in [-0.3, -0.25) is 9.59 Å². The molecule has 23 heavy (non-hydrogen) atoms. The maximum Gasteiger partial charge on any atom is 0.278 e. The molecule has 0 atom stereocenters. The van der Waals surface area contributed by atoms with Crippen LogP contribution in [-0.2, 0) is 0 Å². The highest BCUT2D eigenvalue weighted by Crippen LogP contribution is 2.13. The zero-order valence-electron chi connectivity index (χ0n) is 13.3. The first-order valence-electron chi connectivity index (χ1n) is 7.21. The van der Waals surface area contributed by atoms with Crippen LogP contribution in [0.2, 0.25) is 0 Å². The summed E-state index contributed by atoms with van der Waals surface area (Å²) < 4.78 is 15.2. The highest BCUT2D eigenvalue weighted by atomic mass is 19.1. The molecule has 6 nitrogen and oxygen atoms in total. The topological polar surface area (TPSA) is 67.2 Å². The minimum Gasteiger partial charge on any atom is -0.339 e. The number of hydrogen-bond donors (Lipinski definition) is 1. The first-order chi connectivity index (χ1) is 11.0. The molecule has 2 aromatic rings. The molecule has 0 aliphatic heterocycles. The summed E-state index contributed by atoms with van der Waals surface area (Å²) in [4.78, 5) is 25.9. The fraction of sp³-hybridized carbons (Fsp3) is 0.312. The van der Waals surface area contributed by atoms with Crippen LogP contribution < -0.4 is 10.7 Å². The van der Waals surface area contributed by atoms with Crippen molar-refractivity contribution in [2.75, 3.05) is 27.2 Å². The van der Waals surface area contributed by atoms with Crippen molar-refractivity contribution in [2.24, 2.45) is 0 Å². The summed E-state index contributed by atoms with van der Waals surface area (Å²) in [5.74, 6) is -0.968. The van der Waals surface area contributed by atoms with E-state index in [0.717, 1.165) is 0 Å². The van der Waals surface area contributed by atoms with Crippen molar-refractivity contribution in [2.45, 2.75) is 6.92 Å². The average molecular weight is 318 g/mol. The van der Waals surface area contributed by atoms with Crippen LogP contribution in [0, 0.1) is 12.7 Å². The summed E-state index contributed by atoms with van der Waals surface area (Å²) in [5, 5.41) is 7.01. The predicted octanol–water partition coefficient (Wildman–Crippen LogP) is 0.971. The molecule has 0 aliphatic carbocycles. The van der Waals surface area contributed by atoms with Crippen molar-refractivity contribution in [3.63, 3.8) is 0 Å². The van der Waals surface area contributed by atoms with Crippen molar-refractivity contribution < 1.29 is 9.18 Å². The molecule has 7 heteroatoms. The quantitative estimate of drug-likeness (QED) is 0.892. The average Bonchev–Trinajstić information content (AvgIpc) is 2.53. The van der Waals surface area contributed by atoms with Crippen LogP contribution in [0.4, 0.5) is 4.39 Å². The molecule has 0 saturated heterocycles. The molecule has 0 fully saturated rings. The molecular formula is C16H19FN4O2. The number of carbonyl (C=O) groups is 1. The number of para-hydroxylation sites is 1. The van der Waals surface area contributed by atoms with Gasteiger partial charge >= 0.3 is 0 Å². The summed E-state index contributed by atoms with van der Waals surface area (Å²) in [6.45, 7) is 2.67. The first-order valence-corrected chi connectivity index (χ1v) is 7.21. The van der Waals surface area contributed by atoms with E-state index < -0.39 is 17.2 Å². The number of likely N-dealkylation sites (N-methyl/N-ethyl adjacent to an activating group) is 2. The second kappa shape index (κ2) is 7.15. The van der Waals surface area contributed by atoms with Crippen LogP contribution in [0.3, 0.4) is 0 Å². The number of nitrogens with one attached hydrogen (secondary N) is 1. The predicted molar refractivity (Wildman–Crippen MR) is 85.4 cm³/mol. The third-order valence-corrected chi connectivity index (χ3v) is 3.43. The normalized spacial score (nSPS) is 10.6. The van der Waals surface area contributed by atoms with Gasteiger partial charge in [-0.15, -0.1) is 0 Å². The van der Waals surface area contributed by atoms with E-state index in [4.69, 9.17) is 0 Å². The number of amides is 1. The highest BCUT2D eigenvalue weighted by molar-refractivity contribution is 5.91. The van der Waals surface area contributed by atoms with Gasteiger partial charge in [0.15, 0.2) is 5.69 Å². The van der Waals surface area contributed by atoms with Gasteiger partial charge in [-0.05, 0) is 26.1 Å². The Morgan fingerprint density at radius 1 is 1.39 bits per heavy atom. The van der Waals surface area contributed by atoms with Crippen molar-refractivity contribution in [1.29, 1.82) is 0 Å². The van der Waals surface area contributed by atoms with Gasteiger partial charge in [0.1, 0.15) is 11.5 Å². The Morgan fingerprint density at radius 2 is 2.09 bits per heavy atom. The molecule has 0 saturated carbocycles. The maximum absolute atomic E-state index is 14.0. The number of rotatable bonds is 5. The van der Waals surface area contributed by atoms with Gasteiger partial charge in [0.25, 0.3) is 5.91 Å². The van der Waals surface area contributed by atoms with Crippen molar-refractivity contribution in [1.82, 2.24) is 20.0 Å². The second-order valence-corrected chi connectivity index (χ2v) is 5.19. The maximum atomic E-state index is 14.0. The molecule has 1 amide bonds. The Labute approximate surface area is 133 Å². The Bertz CT molecular complexity index is 773. The van der Waals surface area contributed by atoms with E-state index in [1.165, 1.54) is 21.7 Å². The van der Waals surface area contributed by atoms with Crippen LogP contribution in [-0.4, -0.2) is 47.8 Å². The van der Waals surface area contributed by atoms with Crippen molar-refractivity contribution in [3.05, 3.63) is 57.8 Å². The minimum absolute atomic E-state index is 0.192. The number of carbonyl (C=O) groups excluding carboxylic acids is 1. The molecule has 2 rings (SSSR count). The van der Waals surface area contributed by atoms with Crippen LogP contribution in [0.1, 0.15) is 16.2 Å². The number of hydrogen-bond acceptors (Lipinski definition) is 4. The summed E-state index contributed by atoms with van der Waals surface area (Å²) in [6, 6.07) is 7.36. The highest BCUT2D eigenvalue weighted by Gasteiger charge is 2.19. The van der Waals surface area contributed by atoms with E-state index in [0.29, 0.717) is 18.8 Å². The van der Waals surface area contributed by atoms with Gasteiger partial charge in [-0.1, -0.05) is 12.1 Å². The first kappa shape index (κ1) is 16.8. The van der Waals surface area contributed by atoms with E-state index >= 15 is 0 Å². The number of aryl methyl sites for hydroxylation is 1. The zero-order valence-corrected chi connectivity index (χ0v) is 13.3. The largest absolute Gasteiger partial charge is 0.339 e. The molecular weight excluding hydrogens is 299 g/mol. The van der Waals surface area contributed by atoms with Crippen LogP contribution in [0.15, 0.2) is 35.1 Å². The fourth-order valence-corrected chi connectivity index (χ4v) is 2.12. The SMILES string of the molecule is CNCCN(C)C(=O)c1nn(-c2ccccc2F)c(C)cc1=O. The Morgan fingerprint density at radius 3 is 2.74 bits per heavy atom. The molecule has 122 valence electrons. The Hall–Kier alpha value is -2.54. The van der Waals surface area contributed by atoms with Crippen LogP contribution in [0.5, 0.6) is 0 Å². The fourth-order valence-electron chi connectivity index (χ4n) is 2.12. The Kier molecular flexibility index (Phi) is 5.23. The number of nitrogens with zero attached hydrogens (tertiary/aromatic N) is 3. The van der Waals surface area contributed by atoms with Gasteiger partial charge in [0.2, 0.25) is 5.43 Å². The number of benzene rings is 1.